The number of aliphatic carboxylic acids is 1. The minimum Gasteiger partial charge on any atom is -0.491 e. The van der Waals surface area contributed by atoms with Crippen LogP contribution < -0.4 is 15.4 Å². The number of amides is 1. The first-order valence-electron chi connectivity index (χ1n) is 12.4. The van der Waals surface area contributed by atoms with E-state index in [1.807, 2.05) is 0 Å². The number of anilines is 3. The van der Waals surface area contributed by atoms with Crippen LogP contribution in [0, 0.1) is 11.7 Å². The SMILES string of the molecule is C[C@@H](O)CN(C/C=C/C(=O)Nc1cc2c(Nc3ccc(F)c(Cl)c3)ncnc2cc1OCC1CC1)CC(=O)O. The third-order valence-corrected chi connectivity index (χ3v) is 6.15. The largest absolute Gasteiger partial charge is 0.491 e. The lowest BCUT2D eigenvalue weighted by molar-refractivity contribution is -0.138. The molecule has 1 fully saturated rings. The molecule has 4 N–H and O–H groups in total. The Bertz CT molecular complexity index is 1380. The summed E-state index contributed by atoms with van der Waals surface area (Å²) in [5, 5.41) is 25.2. The van der Waals surface area contributed by atoms with E-state index in [-0.39, 0.29) is 24.7 Å². The Balaban J connectivity index is 1.56. The minimum absolute atomic E-state index is 0.0378. The number of aliphatic hydroxyl groups is 1. The number of carboxylic acid groups (broad SMARTS) is 1. The highest BCUT2D eigenvalue weighted by Crippen LogP contribution is 2.36. The molecule has 1 atom stereocenters. The van der Waals surface area contributed by atoms with Gasteiger partial charge in [-0.25, -0.2) is 14.4 Å². The first-order valence-corrected chi connectivity index (χ1v) is 12.8. The Hall–Kier alpha value is -3.80. The van der Waals surface area contributed by atoms with Gasteiger partial charge in [-0.2, -0.15) is 0 Å². The van der Waals surface area contributed by atoms with E-state index in [9.17, 15) is 19.1 Å². The second-order valence-corrected chi connectivity index (χ2v) is 9.83. The molecule has 0 bridgehead atoms. The number of nitrogens with one attached hydrogen (secondary N) is 2. The first-order chi connectivity index (χ1) is 18.7. The number of carbonyl (C=O) groups excluding carboxylic acids is 1. The molecule has 0 radical (unpaired) electrons. The molecule has 0 saturated heterocycles. The van der Waals surface area contributed by atoms with Gasteiger partial charge in [0.2, 0.25) is 5.91 Å². The molecule has 1 heterocycles. The standard InChI is InChI=1S/C27H29ClFN5O5/c1-16(35)12-34(13-26(37)38)8-2-3-25(36)33-23-10-19-22(11-24(23)39-14-17-4-5-17)30-15-31-27(19)32-18-6-7-21(29)20(28)9-18/h2-3,6-7,9-11,15-17,35H,4-5,8,12-14H2,1H3,(H,33,36)(H,37,38)(H,30,31,32)/b3-2+/t16-/m1/s1. The van der Waals surface area contributed by atoms with E-state index in [1.54, 1.807) is 19.1 Å². The van der Waals surface area contributed by atoms with Crippen molar-refractivity contribution in [3.63, 3.8) is 0 Å². The summed E-state index contributed by atoms with van der Waals surface area (Å²) >= 11 is 5.91. The summed E-state index contributed by atoms with van der Waals surface area (Å²) in [7, 11) is 0. The predicted octanol–water partition coefficient (Wildman–Crippen LogP) is 4.22. The van der Waals surface area contributed by atoms with Gasteiger partial charge in [-0.3, -0.25) is 14.5 Å². The average Bonchev–Trinajstić information content (AvgIpc) is 3.69. The van der Waals surface area contributed by atoms with E-state index in [0.29, 0.717) is 46.4 Å². The Morgan fingerprint density at radius 1 is 1.28 bits per heavy atom. The number of carbonyl (C=O) groups is 2. The molecule has 4 rings (SSSR count). The number of fused-ring (bicyclic) bond motifs is 1. The molecule has 2 aromatic carbocycles. The summed E-state index contributed by atoms with van der Waals surface area (Å²) in [6, 6.07) is 7.63. The van der Waals surface area contributed by atoms with Crippen LogP contribution in [0.2, 0.25) is 5.02 Å². The molecule has 1 aliphatic carbocycles. The zero-order valence-electron chi connectivity index (χ0n) is 21.2. The predicted molar refractivity (Wildman–Crippen MR) is 146 cm³/mol. The molecule has 1 saturated carbocycles. The van der Waals surface area contributed by atoms with E-state index >= 15 is 0 Å². The highest BCUT2D eigenvalue weighted by atomic mass is 35.5. The van der Waals surface area contributed by atoms with Gasteiger partial charge < -0.3 is 25.6 Å². The van der Waals surface area contributed by atoms with Gasteiger partial charge in [0.25, 0.3) is 0 Å². The Morgan fingerprint density at radius 3 is 2.77 bits per heavy atom. The van der Waals surface area contributed by atoms with E-state index in [4.69, 9.17) is 21.4 Å². The van der Waals surface area contributed by atoms with Gasteiger partial charge in [-0.1, -0.05) is 17.7 Å². The lowest BCUT2D eigenvalue weighted by atomic mass is 10.1. The zero-order valence-corrected chi connectivity index (χ0v) is 22.0. The van der Waals surface area contributed by atoms with Gasteiger partial charge in [0.15, 0.2) is 0 Å². The average molecular weight is 558 g/mol. The number of aromatic nitrogens is 2. The van der Waals surface area contributed by atoms with Crippen LogP contribution in [-0.4, -0.2) is 69.3 Å². The highest BCUT2D eigenvalue weighted by Gasteiger charge is 2.23. The summed E-state index contributed by atoms with van der Waals surface area (Å²) in [5.41, 5.74) is 1.49. The van der Waals surface area contributed by atoms with Crippen molar-refractivity contribution < 1.29 is 28.9 Å². The maximum atomic E-state index is 13.6. The molecular weight excluding hydrogens is 529 g/mol. The zero-order chi connectivity index (χ0) is 27.9. The van der Waals surface area contributed by atoms with E-state index in [1.165, 1.54) is 41.6 Å². The molecule has 0 spiro atoms. The smallest absolute Gasteiger partial charge is 0.317 e. The second kappa shape index (κ2) is 12.8. The maximum absolute atomic E-state index is 13.6. The van der Waals surface area contributed by atoms with Crippen LogP contribution >= 0.6 is 11.6 Å². The summed E-state index contributed by atoms with van der Waals surface area (Å²) < 4.78 is 19.6. The quantitative estimate of drug-likeness (QED) is 0.228. The summed E-state index contributed by atoms with van der Waals surface area (Å²) in [4.78, 5) is 34.0. The van der Waals surface area contributed by atoms with Crippen LogP contribution in [0.25, 0.3) is 10.9 Å². The van der Waals surface area contributed by atoms with Crippen LogP contribution in [0.1, 0.15) is 19.8 Å². The number of carboxylic acids is 1. The van der Waals surface area contributed by atoms with Crippen LogP contribution in [-0.2, 0) is 9.59 Å². The van der Waals surface area contributed by atoms with E-state index in [0.717, 1.165) is 12.8 Å². The van der Waals surface area contributed by atoms with Crippen LogP contribution in [0.15, 0.2) is 48.8 Å². The summed E-state index contributed by atoms with van der Waals surface area (Å²) in [5.74, 6) is -0.672. The fourth-order valence-corrected chi connectivity index (χ4v) is 4.04. The normalized spacial score (nSPS) is 14.1. The lowest BCUT2D eigenvalue weighted by Crippen LogP contribution is -2.35. The van der Waals surface area contributed by atoms with Crippen molar-refractivity contribution in [2.24, 2.45) is 5.92 Å². The summed E-state index contributed by atoms with van der Waals surface area (Å²) in [6.45, 7) is 2.12. The monoisotopic (exact) mass is 557 g/mol. The fraction of sp³-hybridized carbons (Fsp3) is 0.333. The van der Waals surface area contributed by atoms with Crippen molar-refractivity contribution in [2.75, 3.05) is 36.9 Å². The molecule has 1 aromatic heterocycles. The third kappa shape index (κ3) is 8.34. The number of halogens is 2. The van der Waals surface area contributed by atoms with Gasteiger partial charge in [-0.15, -0.1) is 0 Å². The van der Waals surface area contributed by atoms with Gasteiger partial charge in [-0.05, 0) is 49.9 Å². The Kier molecular flexibility index (Phi) is 9.28. The summed E-state index contributed by atoms with van der Waals surface area (Å²) in [6.07, 6.45) is 5.68. The van der Waals surface area contributed by atoms with Crippen LogP contribution in [0.4, 0.5) is 21.6 Å². The molecule has 10 nitrogen and oxygen atoms in total. The third-order valence-electron chi connectivity index (χ3n) is 5.86. The molecule has 1 amide bonds. The number of benzene rings is 2. The first kappa shape index (κ1) is 28.2. The molecule has 3 aromatic rings. The van der Waals surface area contributed by atoms with Crippen molar-refractivity contribution in [2.45, 2.75) is 25.9 Å². The van der Waals surface area contributed by atoms with Gasteiger partial charge >= 0.3 is 5.97 Å². The topological polar surface area (TPSA) is 137 Å². The Morgan fingerprint density at radius 2 is 2.08 bits per heavy atom. The minimum atomic E-state index is -1.03. The molecule has 0 aliphatic heterocycles. The number of rotatable bonds is 13. The fourth-order valence-electron chi connectivity index (χ4n) is 3.86. The van der Waals surface area contributed by atoms with Crippen molar-refractivity contribution in [1.29, 1.82) is 0 Å². The Labute approximate surface area is 229 Å². The van der Waals surface area contributed by atoms with Crippen LogP contribution in [0.5, 0.6) is 5.75 Å². The molecule has 12 heteroatoms. The van der Waals surface area contributed by atoms with Gasteiger partial charge in [0, 0.05) is 36.3 Å². The van der Waals surface area contributed by atoms with Crippen LogP contribution in [0.3, 0.4) is 0 Å². The van der Waals surface area contributed by atoms with Crippen molar-refractivity contribution in [3.8, 4) is 5.75 Å². The number of ether oxygens (including phenoxy) is 1. The van der Waals surface area contributed by atoms with Crippen molar-refractivity contribution >= 4 is 51.6 Å². The molecule has 206 valence electrons. The number of nitrogens with zero attached hydrogens (tertiary/aromatic N) is 3. The number of aliphatic hydroxyl groups excluding tert-OH is 1. The van der Waals surface area contributed by atoms with Crippen molar-refractivity contribution in [3.05, 3.63) is 59.7 Å². The molecular formula is C27H29ClFN5O5. The molecule has 0 unspecified atom stereocenters. The van der Waals surface area contributed by atoms with Gasteiger partial charge in [0.1, 0.15) is 23.7 Å². The molecule has 1 aliphatic rings. The van der Waals surface area contributed by atoms with Gasteiger partial charge in [0.05, 0.1) is 35.5 Å². The van der Waals surface area contributed by atoms with Crippen molar-refractivity contribution in [1.82, 2.24) is 14.9 Å². The number of hydrogen-bond acceptors (Lipinski definition) is 8. The second-order valence-electron chi connectivity index (χ2n) is 9.42. The molecule has 39 heavy (non-hydrogen) atoms. The maximum Gasteiger partial charge on any atom is 0.317 e. The lowest BCUT2D eigenvalue weighted by Gasteiger charge is -2.19. The van der Waals surface area contributed by atoms with E-state index in [2.05, 4.69) is 20.6 Å². The number of hydrogen-bond donors (Lipinski definition) is 4. The van der Waals surface area contributed by atoms with E-state index < -0.39 is 23.8 Å². The highest BCUT2D eigenvalue weighted by molar-refractivity contribution is 6.31.